The van der Waals surface area contributed by atoms with E-state index in [2.05, 4.69) is 5.32 Å². The van der Waals surface area contributed by atoms with Crippen molar-refractivity contribution in [3.63, 3.8) is 0 Å². The van der Waals surface area contributed by atoms with Gasteiger partial charge in [-0.3, -0.25) is 9.59 Å². The summed E-state index contributed by atoms with van der Waals surface area (Å²) in [5, 5.41) is 3.60. The molecule has 0 aromatic heterocycles. The second-order valence-corrected chi connectivity index (χ2v) is 7.31. The Morgan fingerprint density at radius 2 is 1.63 bits per heavy atom. The molecule has 0 bridgehead atoms. The zero-order chi connectivity index (χ0) is 19.4. The second kappa shape index (κ2) is 8.69. The van der Waals surface area contributed by atoms with Crippen LogP contribution in [0.4, 0.5) is 10.1 Å². The number of quaternary nitrogens is 1. The first kappa shape index (κ1) is 19.6. The first-order valence-electron chi connectivity index (χ1n) is 8.55. The lowest BCUT2D eigenvalue weighted by Crippen LogP contribution is -3.15. The highest BCUT2D eigenvalue weighted by Gasteiger charge is 2.26. The molecule has 0 atom stereocenters. The van der Waals surface area contributed by atoms with E-state index in [1.807, 2.05) is 0 Å². The summed E-state index contributed by atoms with van der Waals surface area (Å²) in [4.78, 5) is 27.6. The van der Waals surface area contributed by atoms with Crippen LogP contribution in [-0.2, 0) is 4.79 Å². The summed E-state index contributed by atoms with van der Waals surface area (Å²) in [5.74, 6) is -0.604. The Morgan fingerprint density at radius 1 is 1.04 bits per heavy atom. The lowest BCUT2D eigenvalue weighted by atomic mass is 10.2. The van der Waals surface area contributed by atoms with Gasteiger partial charge in [0.15, 0.2) is 6.54 Å². The molecule has 2 N–H and O–H groups in total. The third-order valence-electron chi connectivity index (χ3n) is 4.41. The average molecular weight is 411 g/mol. The molecule has 5 nitrogen and oxygen atoms in total. The Balaban J connectivity index is 1.50. The third kappa shape index (κ3) is 5.42. The number of piperazine rings is 1. The van der Waals surface area contributed by atoms with Crippen LogP contribution in [0.2, 0.25) is 10.0 Å². The number of anilines is 1. The first-order valence-corrected chi connectivity index (χ1v) is 9.30. The lowest BCUT2D eigenvalue weighted by Gasteiger charge is -2.32. The van der Waals surface area contributed by atoms with E-state index in [0.29, 0.717) is 54.0 Å². The minimum Gasteiger partial charge on any atom is -0.327 e. The number of carbonyl (C=O) groups excluding carboxylic acids is 2. The zero-order valence-electron chi connectivity index (χ0n) is 14.5. The molecule has 1 heterocycles. The summed E-state index contributed by atoms with van der Waals surface area (Å²) < 4.78 is 12.9. The van der Waals surface area contributed by atoms with Crippen molar-refractivity contribution < 1.29 is 18.9 Å². The monoisotopic (exact) mass is 410 g/mol. The molecule has 0 unspecified atom stereocenters. The van der Waals surface area contributed by atoms with Crippen LogP contribution in [0.3, 0.4) is 0 Å². The number of rotatable bonds is 4. The quantitative estimate of drug-likeness (QED) is 0.810. The van der Waals surface area contributed by atoms with E-state index in [4.69, 9.17) is 23.2 Å². The molecule has 1 aliphatic rings. The number of hydrogen-bond acceptors (Lipinski definition) is 2. The van der Waals surface area contributed by atoms with Crippen molar-refractivity contribution in [2.24, 2.45) is 0 Å². The van der Waals surface area contributed by atoms with Crippen molar-refractivity contribution in [1.82, 2.24) is 4.90 Å². The van der Waals surface area contributed by atoms with Crippen LogP contribution in [0.25, 0.3) is 0 Å². The zero-order valence-corrected chi connectivity index (χ0v) is 16.0. The standard InChI is InChI=1S/C19H18Cl2FN3O2/c20-14-9-13(10-15(21)11-14)19(27)25-7-5-24(6-8-25)12-18(26)23-17-3-1-16(22)2-4-17/h1-4,9-11H,5-8,12H2,(H,23,26)/p+1. The van der Waals surface area contributed by atoms with Gasteiger partial charge < -0.3 is 15.1 Å². The Bertz CT molecular complexity index is 817. The van der Waals surface area contributed by atoms with Crippen LogP contribution in [0.15, 0.2) is 42.5 Å². The summed E-state index contributed by atoms with van der Waals surface area (Å²) in [5.41, 5.74) is 1.03. The van der Waals surface area contributed by atoms with Crippen molar-refractivity contribution in [2.45, 2.75) is 0 Å². The average Bonchev–Trinajstić information content (AvgIpc) is 2.63. The Hall–Kier alpha value is -2.15. The summed E-state index contributed by atoms with van der Waals surface area (Å²) in [6.07, 6.45) is 0. The number of amides is 2. The van der Waals surface area contributed by atoms with Crippen LogP contribution in [0, 0.1) is 5.82 Å². The highest BCUT2D eigenvalue weighted by Crippen LogP contribution is 2.20. The van der Waals surface area contributed by atoms with Gasteiger partial charge in [-0.05, 0) is 42.5 Å². The Labute approximate surface area is 166 Å². The van der Waals surface area contributed by atoms with Crippen LogP contribution in [-0.4, -0.2) is 49.4 Å². The minimum absolute atomic E-state index is 0.116. The molecular formula is C19H19Cl2FN3O2+. The van der Waals surface area contributed by atoms with Gasteiger partial charge >= 0.3 is 0 Å². The van der Waals surface area contributed by atoms with Crippen molar-refractivity contribution in [3.05, 3.63) is 63.9 Å². The number of halogens is 3. The molecule has 0 saturated carbocycles. The van der Waals surface area contributed by atoms with Crippen molar-refractivity contribution >= 4 is 40.7 Å². The maximum atomic E-state index is 12.9. The van der Waals surface area contributed by atoms with Crippen LogP contribution in [0.1, 0.15) is 10.4 Å². The van der Waals surface area contributed by atoms with Gasteiger partial charge in [0.2, 0.25) is 0 Å². The number of hydrogen-bond donors (Lipinski definition) is 2. The number of benzene rings is 2. The molecule has 1 aliphatic heterocycles. The SMILES string of the molecule is O=C(C[NH+]1CCN(C(=O)c2cc(Cl)cc(Cl)c2)CC1)Nc1ccc(F)cc1. The van der Waals surface area contributed by atoms with E-state index in [9.17, 15) is 14.0 Å². The second-order valence-electron chi connectivity index (χ2n) is 6.43. The fourth-order valence-corrected chi connectivity index (χ4v) is 3.55. The summed E-state index contributed by atoms with van der Waals surface area (Å²) >= 11 is 11.9. The van der Waals surface area contributed by atoms with E-state index < -0.39 is 0 Å². The molecule has 3 rings (SSSR count). The maximum Gasteiger partial charge on any atom is 0.279 e. The summed E-state index contributed by atoms with van der Waals surface area (Å²) in [6, 6.07) is 10.4. The molecule has 1 fully saturated rings. The van der Waals surface area contributed by atoms with Gasteiger partial charge in [0.1, 0.15) is 5.82 Å². The fourth-order valence-electron chi connectivity index (χ4n) is 3.03. The molecule has 2 aromatic rings. The van der Waals surface area contributed by atoms with Gasteiger partial charge in [-0.2, -0.15) is 0 Å². The molecule has 142 valence electrons. The highest BCUT2D eigenvalue weighted by atomic mass is 35.5. The molecule has 27 heavy (non-hydrogen) atoms. The predicted octanol–water partition coefficient (Wildman–Crippen LogP) is 2.11. The number of nitrogens with zero attached hydrogens (tertiary/aromatic N) is 1. The number of nitrogens with one attached hydrogen (secondary N) is 2. The Morgan fingerprint density at radius 3 is 2.22 bits per heavy atom. The van der Waals surface area contributed by atoms with E-state index in [-0.39, 0.29) is 17.6 Å². The summed E-state index contributed by atoms with van der Waals surface area (Å²) in [6.45, 7) is 2.71. The Kier molecular flexibility index (Phi) is 6.31. The van der Waals surface area contributed by atoms with Crippen LogP contribution < -0.4 is 10.2 Å². The van der Waals surface area contributed by atoms with E-state index >= 15 is 0 Å². The molecule has 2 aromatic carbocycles. The van der Waals surface area contributed by atoms with Gasteiger partial charge in [-0.1, -0.05) is 23.2 Å². The van der Waals surface area contributed by atoms with Crippen LogP contribution in [0.5, 0.6) is 0 Å². The largest absolute Gasteiger partial charge is 0.327 e. The normalized spacial score (nSPS) is 14.9. The number of carbonyl (C=O) groups is 2. The molecule has 0 spiro atoms. The van der Waals surface area contributed by atoms with Crippen molar-refractivity contribution in [3.8, 4) is 0 Å². The van der Waals surface area contributed by atoms with Gasteiger partial charge in [-0.25, -0.2) is 4.39 Å². The highest BCUT2D eigenvalue weighted by molar-refractivity contribution is 6.35. The predicted molar refractivity (Wildman–Crippen MR) is 103 cm³/mol. The summed E-state index contributed by atoms with van der Waals surface area (Å²) in [7, 11) is 0. The molecule has 0 aliphatic carbocycles. The third-order valence-corrected chi connectivity index (χ3v) is 4.84. The van der Waals surface area contributed by atoms with E-state index in [1.54, 1.807) is 23.1 Å². The van der Waals surface area contributed by atoms with Gasteiger partial charge in [0, 0.05) is 21.3 Å². The van der Waals surface area contributed by atoms with Gasteiger partial charge in [-0.15, -0.1) is 0 Å². The first-order chi connectivity index (χ1) is 12.9. The minimum atomic E-state index is -0.347. The molecule has 0 radical (unpaired) electrons. The van der Waals surface area contributed by atoms with Gasteiger partial charge in [0.25, 0.3) is 11.8 Å². The smallest absolute Gasteiger partial charge is 0.279 e. The lowest BCUT2D eigenvalue weighted by molar-refractivity contribution is -0.895. The van der Waals surface area contributed by atoms with E-state index in [0.717, 1.165) is 4.90 Å². The molecule has 8 heteroatoms. The van der Waals surface area contributed by atoms with Gasteiger partial charge in [0.05, 0.1) is 26.2 Å². The van der Waals surface area contributed by atoms with Crippen molar-refractivity contribution in [2.75, 3.05) is 38.0 Å². The fraction of sp³-hybridized carbons (Fsp3) is 0.263. The molecule has 1 saturated heterocycles. The van der Waals surface area contributed by atoms with E-state index in [1.165, 1.54) is 24.3 Å². The maximum absolute atomic E-state index is 12.9. The van der Waals surface area contributed by atoms with Crippen molar-refractivity contribution in [1.29, 1.82) is 0 Å². The molecule has 2 amide bonds. The topological polar surface area (TPSA) is 53.9 Å². The van der Waals surface area contributed by atoms with Crippen LogP contribution >= 0.6 is 23.2 Å². The molecular weight excluding hydrogens is 392 g/mol.